The number of nitrogens with one attached hydrogen (secondary N) is 1. The highest BCUT2D eigenvalue weighted by Gasteiger charge is 2.29. The molecule has 2 aromatic heterocycles. The Morgan fingerprint density at radius 1 is 1.39 bits per heavy atom. The van der Waals surface area contributed by atoms with E-state index >= 15 is 0 Å². The molecule has 3 atom stereocenters. The van der Waals surface area contributed by atoms with Crippen LogP contribution in [0.3, 0.4) is 0 Å². The van der Waals surface area contributed by atoms with Crippen LogP contribution in [0.15, 0.2) is 6.33 Å². The molecule has 0 radical (unpaired) electrons. The van der Waals surface area contributed by atoms with Crippen molar-refractivity contribution < 1.29 is 33.8 Å². The van der Waals surface area contributed by atoms with Crippen LogP contribution in [0.1, 0.15) is 19.8 Å². The zero-order valence-electron chi connectivity index (χ0n) is 15.0. The lowest BCUT2D eigenvalue weighted by Crippen LogP contribution is -2.40. The van der Waals surface area contributed by atoms with E-state index < -0.39 is 32.7 Å². The minimum absolute atomic E-state index is 0.0443. The molecule has 156 valence electrons. The van der Waals surface area contributed by atoms with Crippen molar-refractivity contribution in [2.45, 2.75) is 50.8 Å². The Bertz CT molecular complexity index is 867. The molecular weight excluding hydrogens is 395 g/mol. The van der Waals surface area contributed by atoms with Gasteiger partial charge in [0.15, 0.2) is 17.0 Å². The summed E-state index contributed by atoms with van der Waals surface area (Å²) in [7, 11) is -4.77. The Balaban J connectivity index is 1.76. The molecule has 1 aliphatic carbocycles. The van der Waals surface area contributed by atoms with Crippen LogP contribution < -0.4 is 11.1 Å². The molecule has 14 heteroatoms. The smallest absolute Gasteiger partial charge is 0.391 e. The average Bonchev–Trinajstić information content (AvgIpc) is 3.32. The van der Waals surface area contributed by atoms with Gasteiger partial charge in [0.25, 0.3) is 0 Å². The van der Waals surface area contributed by atoms with Crippen molar-refractivity contribution >= 4 is 30.8 Å². The highest BCUT2D eigenvalue weighted by Crippen LogP contribution is 2.36. The van der Waals surface area contributed by atoms with Crippen molar-refractivity contribution in [2.75, 3.05) is 17.7 Å². The summed E-state index contributed by atoms with van der Waals surface area (Å²) in [6.07, 6.45) is -0.354. The van der Waals surface area contributed by atoms with Crippen LogP contribution in [0.4, 0.5) is 11.8 Å². The Kier molecular flexibility index (Phi) is 6.15. The van der Waals surface area contributed by atoms with Gasteiger partial charge in [-0.25, -0.2) is 9.55 Å². The van der Waals surface area contributed by atoms with Crippen molar-refractivity contribution in [3.8, 4) is 0 Å². The van der Waals surface area contributed by atoms with Gasteiger partial charge in [0, 0.05) is 6.04 Å². The molecule has 1 aliphatic rings. The molecule has 0 bridgehead atoms. The summed E-state index contributed by atoms with van der Waals surface area (Å²) in [5.41, 5.74) is 6.64. The molecule has 0 spiro atoms. The fourth-order valence-electron chi connectivity index (χ4n) is 2.48. The molecule has 0 amide bonds. The number of ether oxygens (including phenoxy) is 1. The molecular formula is C14H23N6O7P. The van der Waals surface area contributed by atoms with Crippen LogP contribution in [-0.2, 0) is 20.6 Å². The first-order chi connectivity index (χ1) is 13.1. The van der Waals surface area contributed by atoms with Gasteiger partial charge in [-0.2, -0.15) is 9.97 Å². The van der Waals surface area contributed by atoms with Crippen LogP contribution in [0.2, 0.25) is 0 Å². The number of nitrogen functional groups attached to an aromatic ring is 1. The maximum Gasteiger partial charge on any atom is 0.469 e. The maximum absolute atomic E-state index is 10.9. The van der Waals surface area contributed by atoms with Crippen molar-refractivity contribution in [2.24, 2.45) is 0 Å². The number of fused-ring (bicyclic) bond motifs is 1. The van der Waals surface area contributed by atoms with E-state index in [1.165, 1.54) is 17.8 Å². The number of anilines is 2. The van der Waals surface area contributed by atoms with Gasteiger partial charge in [-0.05, 0) is 19.8 Å². The Hall–Kier alpha value is -1.86. The first kappa shape index (κ1) is 20.9. The zero-order valence-corrected chi connectivity index (χ0v) is 15.9. The number of phosphoric acid groups is 1. The van der Waals surface area contributed by atoms with Gasteiger partial charge in [0.1, 0.15) is 18.9 Å². The van der Waals surface area contributed by atoms with E-state index in [1.807, 2.05) is 0 Å². The maximum atomic E-state index is 10.9. The molecule has 0 aliphatic heterocycles. The van der Waals surface area contributed by atoms with Gasteiger partial charge >= 0.3 is 7.82 Å². The van der Waals surface area contributed by atoms with Crippen LogP contribution in [0, 0.1) is 0 Å². The van der Waals surface area contributed by atoms with Crippen LogP contribution in [-0.4, -0.2) is 70.5 Å². The third-order valence-electron chi connectivity index (χ3n) is 4.11. The summed E-state index contributed by atoms with van der Waals surface area (Å²) >= 11 is 0. The molecule has 7 N–H and O–H groups in total. The van der Waals surface area contributed by atoms with Gasteiger partial charge in [-0.3, -0.25) is 9.09 Å². The number of rotatable bonds is 10. The number of imidazole rings is 1. The largest absolute Gasteiger partial charge is 0.469 e. The molecule has 0 aromatic carbocycles. The third-order valence-corrected chi connectivity index (χ3v) is 4.59. The van der Waals surface area contributed by atoms with E-state index in [2.05, 4.69) is 24.8 Å². The Morgan fingerprint density at radius 3 is 2.71 bits per heavy atom. The molecule has 1 saturated carbocycles. The first-order valence-corrected chi connectivity index (χ1v) is 10.1. The van der Waals surface area contributed by atoms with Crippen LogP contribution >= 0.6 is 7.82 Å². The number of nitrogens with zero attached hydrogens (tertiary/aromatic N) is 4. The Morgan fingerprint density at radius 2 is 2.11 bits per heavy atom. The predicted molar refractivity (Wildman–Crippen MR) is 96.9 cm³/mol. The highest BCUT2D eigenvalue weighted by atomic mass is 31.2. The number of aliphatic hydroxyl groups is 2. The summed E-state index contributed by atoms with van der Waals surface area (Å²) in [6.45, 7) is 0.498. The van der Waals surface area contributed by atoms with Gasteiger partial charge in [0.2, 0.25) is 5.95 Å². The second kappa shape index (κ2) is 8.25. The number of aromatic nitrogens is 4. The van der Waals surface area contributed by atoms with Gasteiger partial charge in [-0.15, -0.1) is 0 Å². The molecule has 1 fully saturated rings. The van der Waals surface area contributed by atoms with Crippen LogP contribution in [0.5, 0.6) is 0 Å². The van der Waals surface area contributed by atoms with Gasteiger partial charge in [-0.1, -0.05) is 0 Å². The minimum Gasteiger partial charge on any atom is -0.391 e. The third kappa shape index (κ3) is 5.35. The van der Waals surface area contributed by atoms with E-state index in [4.69, 9.17) is 20.3 Å². The van der Waals surface area contributed by atoms with Crippen molar-refractivity contribution in [3.05, 3.63) is 6.33 Å². The minimum atomic E-state index is -4.77. The Labute approximate surface area is 159 Å². The lowest BCUT2D eigenvalue weighted by molar-refractivity contribution is -0.118. The van der Waals surface area contributed by atoms with E-state index in [-0.39, 0.29) is 12.7 Å². The summed E-state index contributed by atoms with van der Waals surface area (Å²) in [5.74, 6) is 0.553. The van der Waals surface area contributed by atoms with E-state index in [0.717, 1.165) is 12.8 Å². The second-order valence-electron chi connectivity index (χ2n) is 6.59. The molecule has 2 heterocycles. The lowest BCUT2D eigenvalue weighted by atomic mass is 10.1. The zero-order chi connectivity index (χ0) is 20.5. The standard InChI is InChI=1S/C14H23N6O7P/c1-7(21)11(22)9(4-27-28(23,24)25)26-6-20-5-16-10-12(17-8-2-3-8)18-14(15)19-13(10)20/h5,7-9,11,21-22H,2-4,6H2,1H3,(H2,23,24,25)(H3,15,17,18,19)/t7?,9-,11-/m1/s1. The second-order valence-corrected chi connectivity index (χ2v) is 7.83. The molecule has 1 unspecified atom stereocenters. The number of phosphoric ester groups is 1. The summed E-state index contributed by atoms with van der Waals surface area (Å²) in [4.78, 5) is 30.3. The number of hydrogen-bond acceptors (Lipinski definition) is 10. The lowest BCUT2D eigenvalue weighted by Gasteiger charge is -2.25. The number of nitrogens with two attached hydrogens (primary N) is 1. The highest BCUT2D eigenvalue weighted by molar-refractivity contribution is 7.46. The topological polar surface area (TPSA) is 198 Å². The molecule has 0 saturated heterocycles. The van der Waals surface area contributed by atoms with E-state index in [0.29, 0.717) is 23.0 Å². The van der Waals surface area contributed by atoms with E-state index in [1.54, 1.807) is 0 Å². The average molecular weight is 418 g/mol. The summed E-state index contributed by atoms with van der Waals surface area (Å²) in [6, 6.07) is 0.328. The van der Waals surface area contributed by atoms with Crippen molar-refractivity contribution in [3.63, 3.8) is 0 Å². The predicted octanol–water partition coefficient (Wildman–Crippen LogP) is -0.824. The molecule has 3 rings (SSSR count). The monoisotopic (exact) mass is 418 g/mol. The normalized spacial score (nSPS) is 18.2. The number of aliphatic hydroxyl groups excluding tert-OH is 2. The summed E-state index contributed by atoms with van der Waals surface area (Å²) in [5, 5.41) is 22.8. The van der Waals surface area contributed by atoms with Crippen molar-refractivity contribution in [1.82, 2.24) is 19.5 Å². The van der Waals surface area contributed by atoms with Gasteiger partial charge in [0.05, 0.1) is 19.0 Å². The van der Waals surface area contributed by atoms with Gasteiger partial charge < -0.3 is 35.8 Å². The molecule has 13 nitrogen and oxygen atoms in total. The summed E-state index contributed by atoms with van der Waals surface area (Å²) < 4.78 is 22.3. The fourth-order valence-corrected chi connectivity index (χ4v) is 2.82. The quantitative estimate of drug-likeness (QED) is 0.262. The van der Waals surface area contributed by atoms with Crippen molar-refractivity contribution in [1.29, 1.82) is 0 Å². The fraction of sp³-hybridized carbons (Fsp3) is 0.643. The van der Waals surface area contributed by atoms with E-state index in [9.17, 15) is 14.8 Å². The molecule has 2 aromatic rings. The first-order valence-electron chi connectivity index (χ1n) is 8.56. The SMILES string of the molecule is CC(O)[C@@H](O)[C@@H](COP(=O)(O)O)OCn1cnc2c(NC3CC3)nc(N)nc21. The number of hydrogen-bond donors (Lipinski definition) is 6. The van der Waals surface area contributed by atoms with Crippen LogP contribution in [0.25, 0.3) is 11.2 Å². The molecule has 28 heavy (non-hydrogen) atoms.